The molecule has 1 unspecified atom stereocenters. The standard InChI is InChI=1S/C12H12N4O4S/c1-2-9(11-13-3-4-21-11)15-10-8(12(17)18)5-7(6-14-10)16(19)20/h3-6,9H,2H2,1H3,(H,14,15)(H,17,18). The fraction of sp³-hybridized carbons (Fsp3) is 0.250. The number of nitrogens with zero attached hydrogens (tertiary/aromatic N) is 3. The number of carbonyl (C=O) groups is 1. The molecule has 0 amide bonds. The summed E-state index contributed by atoms with van der Waals surface area (Å²) in [6.07, 6.45) is 3.36. The fourth-order valence-electron chi connectivity index (χ4n) is 1.74. The molecule has 0 saturated heterocycles. The van der Waals surface area contributed by atoms with E-state index in [2.05, 4.69) is 15.3 Å². The minimum absolute atomic E-state index is 0.0927. The van der Waals surface area contributed by atoms with E-state index in [1.54, 1.807) is 6.20 Å². The lowest BCUT2D eigenvalue weighted by molar-refractivity contribution is -0.385. The Labute approximate surface area is 123 Å². The Bertz CT molecular complexity index is 659. The zero-order valence-corrected chi connectivity index (χ0v) is 11.8. The second-order valence-corrected chi connectivity index (χ2v) is 5.05. The average Bonchev–Trinajstić information content (AvgIpc) is 2.98. The summed E-state index contributed by atoms with van der Waals surface area (Å²) in [6.45, 7) is 1.92. The van der Waals surface area contributed by atoms with Gasteiger partial charge in [-0.15, -0.1) is 11.3 Å². The Morgan fingerprint density at radius 1 is 1.57 bits per heavy atom. The monoisotopic (exact) mass is 308 g/mol. The zero-order valence-electron chi connectivity index (χ0n) is 11.0. The maximum Gasteiger partial charge on any atom is 0.339 e. The lowest BCUT2D eigenvalue weighted by Gasteiger charge is -2.16. The lowest BCUT2D eigenvalue weighted by Crippen LogP contribution is -2.14. The van der Waals surface area contributed by atoms with Crippen LogP contribution in [0.4, 0.5) is 11.5 Å². The molecule has 2 rings (SSSR count). The van der Waals surface area contributed by atoms with E-state index in [1.807, 2.05) is 12.3 Å². The fourth-order valence-corrected chi connectivity index (χ4v) is 2.51. The van der Waals surface area contributed by atoms with E-state index in [0.29, 0.717) is 6.42 Å². The predicted octanol–water partition coefficient (Wildman–Crippen LogP) is 2.71. The molecule has 0 aliphatic carbocycles. The Morgan fingerprint density at radius 2 is 2.33 bits per heavy atom. The molecule has 0 aliphatic rings. The van der Waals surface area contributed by atoms with E-state index in [-0.39, 0.29) is 23.1 Å². The normalized spacial score (nSPS) is 11.9. The Kier molecular flexibility index (Phi) is 4.43. The molecule has 0 fully saturated rings. The summed E-state index contributed by atoms with van der Waals surface area (Å²) >= 11 is 1.44. The molecule has 0 aliphatic heterocycles. The molecule has 0 spiro atoms. The maximum atomic E-state index is 11.2. The van der Waals surface area contributed by atoms with Crippen molar-refractivity contribution in [1.29, 1.82) is 0 Å². The van der Waals surface area contributed by atoms with Crippen LogP contribution < -0.4 is 5.32 Å². The smallest absolute Gasteiger partial charge is 0.339 e. The van der Waals surface area contributed by atoms with Gasteiger partial charge in [0.2, 0.25) is 0 Å². The number of carboxylic acids is 1. The van der Waals surface area contributed by atoms with Crippen molar-refractivity contribution < 1.29 is 14.8 Å². The minimum Gasteiger partial charge on any atom is -0.478 e. The third kappa shape index (κ3) is 3.31. The van der Waals surface area contributed by atoms with Crippen LogP contribution in [0.25, 0.3) is 0 Å². The molecule has 9 heteroatoms. The second kappa shape index (κ2) is 6.27. The maximum absolute atomic E-state index is 11.2. The molecule has 1 atom stereocenters. The number of aromatic nitrogens is 2. The minimum atomic E-state index is -1.28. The SMILES string of the molecule is CCC(Nc1ncc([N+](=O)[O-])cc1C(=O)O)c1nccs1. The van der Waals surface area contributed by atoms with E-state index in [0.717, 1.165) is 17.3 Å². The van der Waals surface area contributed by atoms with Gasteiger partial charge in [0.25, 0.3) is 5.69 Å². The van der Waals surface area contributed by atoms with Gasteiger partial charge in [0.1, 0.15) is 22.6 Å². The van der Waals surface area contributed by atoms with Crippen molar-refractivity contribution in [1.82, 2.24) is 9.97 Å². The van der Waals surface area contributed by atoms with Crippen LogP contribution in [0.2, 0.25) is 0 Å². The number of anilines is 1. The molecule has 0 aromatic carbocycles. The molecule has 8 nitrogen and oxygen atoms in total. The van der Waals surface area contributed by atoms with Gasteiger partial charge < -0.3 is 10.4 Å². The zero-order chi connectivity index (χ0) is 15.4. The molecule has 0 radical (unpaired) electrons. The van der Waals surface area contributed by atoms with E-state index in [1.165, 1.54) is 11.3 Å². The molecule has 2 N–H and O–H groups in total. The number of thiazole rings is 1. The third-order valence-corrected chi connectivity index (χ3v) is 3.67. The molecule has 2 heterocycles. The molecule has 110 valence electrons. The van der Waals surface area contributed by atoms with Crippen LogP contribution in [-0.2, 0) is 0 Å². The first-order valence-corrected chi connectivity index (χ1v) is 6.94. The average molecular weight is 308 g/mol. The van der Waals surface area contributed by atoms with Gasteiger partial charge in [-0.1, -0.05) is 6.92 Å². The molecular formula is C12H12N4O4S. The molecule has 2 aromatic rings. The van der Waals surface area contributed by atoms with Gasteiger partial charge in [-0.25, -0.2) is 14.8 Å². The van der Waals surface area contributed by atoms with E-state index >= 15 is 0 Å². The van der Waals surface area contributed by atoms with Crippen LogP contribution in [-0.4, -0.2) is 26.0 Å². The highest BCUT2D eigenvalue weighted by atomic mass is 32.1. The van der Waals surface area contributed by atoms with Crippen molar-refractivity contribution in [3.8, 4) is 0 Å². The van der Waals surface area contributed by atoms with Crippen LogP contribution in [0, 0.1) is 10.1 Å². The summed E-state index contributed by atoms with van der Waals surface area (Å²) in [7, 11) is 0. The van der Waals surface area contributed by atoms with Crippen LogP contribution in [0.3, 0.4) is 0 Å². The van der Waals surface area contributed by atoms with Gasteiger partial charge in [0.05, 0.1) is 11.0 Å². The number of hydrogen-bond donors (Lipinski definition) is 2. The second-order valence-electron chi connectivity index (χ2n) is 4.13. The van der Waals surface area contributed by atoms with Crippen LogP contribution >= 0.6 is 11.3 Å². The number of carboxylic acid groups (broad SMARTS) is 1. The van der Waals surface area contributed by atoms with Gasteiger partial charge in [-0.3, -0.25) is 10.1 Å². The molecule has 21 heavy (non-hydrogen) atoms. The largest absolute Gasteiger partial charge is 0.478 e. The van der Waals surface area contributed by atoms with E-state index < -0.39 is 10.9 Å². The van der Waals surface area contributed by atoms with Gasteiger partial charge in [-0.2, -0.15) is 0 Å². The van der Waals surface area contributed by atoms with Crippen LogP contribution in [0.5, 0.6) is 0 Å². The van der Waals surface area contributed by atoms with Gasteiger partial charge in [0.15, 0.2) is 0 Å². The molecule has 0 saturated carbocycles. The molecule has 0 bridgehead atoms. The van der Waals surface area contributed by atoms with Crippen molar-refractivity contribution in [2.45, 2.75) is 19.4 Å². The quantitative estimate of drug-likeness (QED) is 0.622. The summed E-state index contributed by atoms with van der Waals surface area (Å²) in [4.78, 5) is 29.3. The molecule has 2 aromatic heterocycles. The number of rotatable bonds is 6. The third-order valence-electron chi connectivity index (χ3n) is 2.78. The Morgan fingerprint density at radius 3 is 2.86 bits per heavy atom. The number of aromatic carboxylic acids is 1. The van der Waals surface area contributed by atoms with Crippen molar-refractivity contribution in [2.24, 2.45) is 0 Å². The molecular weight excluding hydrogens is 296 g/mol. The van der Waals surface area contributed by atoms with Crippen LogP contribution in [0.15, 0.2) is 23.8 Å². The first-order chi connectivity index (χ1) is 10.0. The number of nitro groups is 1. The summed E-state index contributed by atoms with van der Waals surface area (Å²) in [5.74, 6) is -1.18. The lowest BCUT2D eigenvalue weighted by atomic mass is 10.2. The van der Waals surface area contributed by atoms with Gasteiger partial charge in [0, 0.05) is 17.6 Å². The number of pyridine rings is 1. The highest BCUT2D eigenvalue weighted by Crippen LogP contribution is 2.26. The van der Waals surface area contributed by atoms with Crippen molar-refractivity contribution >= 4 is 28.8 Å². The predicted molar refractivity (Wildman–Crippen MR) is 76.6 cm³/mol. The van der Waals surface area contributed by atoms with Crippen LogP contribution in [0.1, 0.15) is 34.8 Å². The van der Waals surface area contributed by atoms with Crippen molar-refractivity contribution in [3.05, 3.63) is 44.5 Å². The summed E-state index contributed by atoms with van der Waals surface area (Å²) in [6, 6.07) is 0.795. The summed E-state index contributed by atoms with van der Waals surface area (Å²) in [5, 5.41) is 25.5. The van der Waals surface area contributed by atoms with E-state index in [9.17, 15) is 20.0 Å². The number of hydrogen-bond acceptors (Lipinski definition) is 7. The topological polar surface area (TPSA) is 118 Å². The van der Waals surface area contributed by atoms with E-state index in [4.69, 9.17) is 0 Å². The van der Waals surface area contributed by atoms with Crippen molar-refractivity contribution in [2.75, 3.05) is 5.32 Å². The first-order valence-electron chi connectivity index (χ1n) is 6.06. The first kappa shape index (κ1) is 14.9. The van der Waals surface area contributed by atoms with Crippen molar-refractivity contribution in [3.63, 3.8) is 0 Å². The Hall–Kier alpha value is -2.55. The number of nitrogens with one attached hydrogen (secondary N) is 1. The Balaban J connectivity index is 2.34. The summed E-state index contributed by atoms with van der Waals surface area (Å²) < 4.78 is 0. The highest BCUT2D eigenvalue weighted by Gasteiger charge is 2.20. The highest BCUT2D eigenvalue weighted by molar-refractivity contribution is 7.09. The summed E-state index contributed by atoms with van der Waals surface area (Å²) in [5.41, 5.74) is -0.598. The van der Waals surface area contributed by atoms with Gasteiger partial charge >= 0.3 is 5.97 Å². The van der Waals surface area contributed by atoms with Gasteiger partial charge in [-0.05, 0) is 6.42 Å².